The molecule has 0 fully saturated rings. The predicted molar refractivity (Wildman–Crippen MR) is 145 cm³/mol. The van der Waals surface area contributed by atoms with Gasteiger partial charge in [0, 0.05) is 23.0 Å². The van der Waals surface area contributed by atoms with Crippen molar-refractivity contribution in [3.05, 3.63) is 115 Å². The van der Waals surface area contributed by atoms with E-state index in [1.807, 2.05) is 84.9 Å². The van der Waals surface area contributed by atoms with Gasteiger partial charge in [-0.05, 0) is 66.2 Å². The van der Waals surface area contributed by atoms with Crippen molar-refractivity contribution in [1.82, 2.24) is 9.78 Å². The Kier molecular flexibility index (Phi) is 6.96. The van der Waals surface area contributed by atoms with E-state index in [-0.39, 0.29) is 12.6 Å². The number of hydrogen-bond donors (Lipinski definition) is 1. The average molecular weight is 486 g/mol. The van der Waals surface area contributed by atoms with Gasteiger partial charge in [-0.25, -0.2) is 4.79 Å². The summed E-state index contributed by atoms with van der Waals surface area (Å²) in [4.78, 5) is 13.1. The third-order valence-electron chi connectivity index (χ3n) is 5.54. The molecule has 1 aromatic heterocycles. The molecule has 0 saturated heterocycles. The number of carbonyl (C=O) groups excluding carboxylic acids is 1. The molecule has 1 heterocycles. The fraction of sp³-hybridized carbons (Fsp3) is 0.0323. The van der Waals surface area contributed by atoms with Crippen LogP contribution in [-0.4, -0.2) is 22.4 Å². The lowest BCUT2D eigenvalue weighted by atomic mass is 10.0. The van der Waals surface area contributed by atoms with E-state index in [0.29, 0.717) is 22.9 Å². The Bertz CT molecular complexity index is 1520. The van der Waals surface area contributed by atoms with Gasteiger partial charge in [0.25, 0.3) is 0 Å². The molecule has 4 aromatic carbocycles. The molecule has 5 aromatic rings. The summed E-state index contributed by atoms with van der Waals surface area (Å²) in [5.74, 6) is 4.54. The van der Waals surface area contributed by atoms with Gasteiger partial charge in [-0.15, -0.1) is 6.42 Å². The summed E-state index contributed by atoms with van der Waals surface area (Å²) in [5, 5.41) is 7.52. The summed E-state index contributed by atoms with van der Waals surface area (Å²) in [6.07, 6.45) is 7.01. The molecule has 0 bridgehead atoms. The number of ether oxygens (including phenoxy) is 2. The maximum atomic E-state index is 13.1. The third-order valence-corrected chi connectivity index (χ3v) is 5.54. The number of carbonyl (C=O) groups is 1. The molecule has 6 nitrogen and oxygen atoms in total. The normalized spacial score (nSPS) is 10.4. The molecule has 5 rings (SSSR count). The number of amides is 1. The minimum Gasteiger partial charge on any atom is -0.481 e. The van der Waals surface area contributed by atoms with Crippen molar-refractivity contribution in [3.8, 4) is 52.0 Å². The molecule has 180 valence electrons. The van der Waals surface area contributed by atoms with Crippen LogP contribution in [0.4, 0.5) is 10.5 Å². The van der Waals surface area contributed by atoms with Crippen molar-refractivity contribution >= 4 is 11.7 Å². The van der Waals surface area contributed by atoms with Crippen molar-refractivity contribution in [3.63, 3.8) is 0 Å². The molecule has 0 saturated carbocycles. The standard InChI is InChI=1S/C31H23N3O3/c1-2-21-36-26-17-13-24(14-18-26)30-29(23-9-5-3-6-10-23)22-34(33-30)31(35)32-25-15-19-28(20-16-25)37-27-11-7-4-8-12-27/h1,3-20,22H,21H2,(H,32,35). The first kappa shape index (κ1) is 23.5. The highest BCUT2D eigenvalue weighted by molar-refractivity contribution is 5.92. The molecule has 6 heteroatoms. The van der Waals surface area contributed by atoms with Crippen LogP contribution in [0.3, 0.4) is 0 Å². The van der Waals surface area contributed by atoms with Crippen molar-refractivity contribution in [2.24, 2.45) is 0 Å². The van der Waals surface area contributed by atoms with E-state index in [9.17, 15) is 4.79 Å². The van der Waals surface area contributed by atoms with Crippen LogP contribution in [0.5, 0.6) is 17.2 Å². The number of terminal acetylenes is 1. The Morgan fingerprint density at radius 1 is 0.784 bits per heavy atom. The number of nitrogens with one attached hydrogen (secondary N) is 1. The Morgan fingerprint density at radius 2 is 1.41 bits per heavy atom. The smallest absolute Gasteiger partial charge is 0.346 e. The van der Waals surface area contributed by atoms with Gasteiger partial charge < -0.3 is 14.8 Å². The number of anilines is 1. The fourth-order valence-electron chi connectivity index (χ4n) is 3.77. The summed E-state index contributed by atoms with van der Waals surface area (Å²) < 4.78 is 12.6. The van der Waals surface area contributed by atoms with Gasteiger partial charge in [-0.3, -0.25) is 0 Å². The molecule has 0 unspecified atom stereocenters. The van der Waals surface area contributed by atoms with E-state index in [0.717, 1.165) is 22.4 Å². The topological polar surface area (TPSA) is 65.4 Å². The lowest BCUT2D eigenvalue weighted by Gasteiger charge is -2.08. The SMILES string of the molecule is C#CCOc1ccc(-c2nn(C(=O)Nc3ccc(Oc4ccccc4)cc3)cc2-c2ccccc2)cc1. The maximum Gasteiger partial charge on any atom is 0.346 e. The minimum atomic E-state index is -0.380. The zero-order chi connectivity index (χ0) is 25.5. The summed E-state index contributed by atoms with van der Waals surface area (Å²) in [6.45, 7) is 0.197. The van der Waals surface area contributed by atoms with Gasteiger partial charge in [0.05, 0.1) is 0 Å². The molecule has 0 atom stereocenters. The fourth-order valence-corrected chi connectivity index (χ4v) is 3.77. The maximum absolute atomic E-state index is 13.1. The zero-order valence-electron chi connectivity index (χ0n) is 19.9. The summed E-state index contributed by atoms with van der Waals surface area (Å²) in [7, 11) is 0. The van der Waals surface area contributed by atoms with Crippen molar-refractivity contribution in [1.29, 1.82) is 0 Å². The van der Waals surface area contributed by atoms with E-state index in [2.05, 4.69) is 16.3 Å². The molecule has 0 aliphatic carbocycles. The highest BCUT2D eigenvalue weighted by Crippen LogP contribution is 2.32. The molecule has 1 N–H and O–H groups in total. The summed E-state index contributed by atoms with van der Waals surface area (Å²) >= 11 is 0. The molecule has 0 radical (unpaired) electrons. The number of hydrogen-bond acceptors (Lipinski definition) is 4. The molecule has 0 aliphatic heterocycles. The Balaban J connectivity index is 1.37. The first-order valence-electron chi connectivity index (χ1n) is 11.7. The van der Waals surface area contributed by atoms with Crippen molar-refractivity contribution in [2.75, 3.05) is 11.9 Å². The molecular weight excluding hydrogens is 462 g/mol. The molecule has 0 aliphatic rings. The van der Waals surface area contributed by atoms with Crippen molar-refractivity contribution < 1.29 is 14.3 Å². The van der Waals surface area contributed by atoms with E-state index >= 15 is 0 Å². The average Bonchev–Trinajstić information content (AvgIpc) is 3.40. The minimum absolute atomic E-state index is 0.197. The van der Waals surface area contributed by atoms with E-state index in [4.69, 9.17) is 15.9 Å². The first-order valence-corrected chi connectivity index (χ1v) is 11.7. The van der Waals surface area contributed by atoms with Gasteiger partial charge in [0.1, 0.15) is 29.5 Å². The number of aromatic nitrogens is 2. The molecule has 37 heavy (non-hydrogen) atoms. The van der Waals surface area contributed by atoms with Gasteiger partial charge in [0.15, 0.2) is 0 Å². The highest BCUT2D eigenvalue weighted by Gasteiger charge is 2.17. The highest BCUT2D eigenvalue weighted by atomic mass is 16.5. The van der Waals surface area contributed by atoms with Crippen LogP contribution in [0.1, 0.15) is 0 Å². The third kappa shape index (κ3) is 5.69. The summed E-state index contributed by atoms with van der Waals surface area (Å²) in [5.41, 5.74) is 3.93. The zero-order valence-corrected chi connectivity index (χ0v) is 19.9. The monoisotopic (exact) mass is 485 g/mol. The van der Waals surface area contributed by atoms with Gasteiger partial charge in [-0.2, -0.15) is 9.78 Å². The summed E-state index contributed by atoms with van der Waals surface area (Å²) in [6, 6.07) is 33.6. The molecular formula is C31H23N3O3. The quantitative estimate of drug-likeness (QED) is 0.250. The van der Waals surface area contributed by atoms with Crippen LogP contribution in [0.25, 0.3) is 22.4 Å². The number of para-hydroxylation sites is 1. The second-order valence-electron chi connectivity index (χ2n) is 8.09. The van der Waals surface area contributed by atoms with Crippen LogP contribution in [0.2, 0.25) is 0 Å². The number of rotatable bonds is 7. The second-order valence-corrected chi connectivity index (χ2v) is 8.09. The molecule has 1 amide bonds. The van der Waals surface area contributed by atoms with Crippen molar-refractivity contribution in [2.45, 2.75) is 0 Å². The van der Waals surface area contributed by atoms with Crippen LogP contribution in [-0.2, 0) is 0 Å². The van der Waals surface area contributed by atoms with Gasteiger partial charge >= 0.3 is 6.03 Å². The van der Waals surface area contributed by atoms with Crippen LogP contribution in [0, 0.1) is 12.3 Å². The van der Waals surface area contributed by atoms with E-state index in [1.54, 1.807) is 30.5 Å². The lowest BCUT2D eigenvalue weighted by Crippen LogP contribution is -2.19. The largest absolute Gasteiger partial charge is 0.481 e. The Hall–Kier alpha value is -5.28. The van der Waals surface area contributed by atoms with E-state index < -0.39 is 0 Å². The Morgan fingerprint density at radius 3 is 2.08 bits per heavy atom. The number of benzene rings is 4. The van der Waals surface area contributed by atoms with Gasteiger partial charge in [-0.1, -0.05) is 54.5 Å². The first-order chi connectivity index (χ1) is 18.2. The van der Waals surface area contributed by atoms with Crippen LogP contribution >= 0.6 is 0 Å². The molecule has 0 spiro atoms. The predicted octanol–water partition coefficient (Wildman–Crippen LogP) is 7.10. The van der Waals surface area contributed by atoms with E-state index in [1.165, 1.54) is 4.68 Å². The number of nitrogens with zero attached hydrogens (tertiary/aromatic N) is 2. The second kappa shape index (κ2) is 11.0. The Labute approximate surface area is 215 Å². The van der Waals surface area contributed by atoms with Crippen LogP contribution in [0.15, 0.2) is 115 Å². The van der Waals surface area contributed by atoms with Gasteiger partial charge in [0.2, 0.25) is 0 Å². The van der Waals surface area contributed by atoms with Crippen LogP contribution < -0.4 is 14.8 Å². The lowest BCUT2D eigenvalue weighted by molar-refractivity contribution is 0.251.